The zero-order valence-corrected chi connectivity index (χ0v) is 11.9. The van der Waals surface area contributed by atoms with Crippen LogP contribution in [0.1, 0.15) is 33.1 Å². The maximum atomic E-state index is 11.8. The Balaban J connectivity index is 2.77. The summed E-state index contributed by atoms with van der Waals surface area (Å²) in [6.45, 7) is 4.13. The monoisotopic (exact) mass is 272 g/mol. The van der Waals surface area contributed by atoms with Crippen molar-refractivity contribution < 1.29 is 19.1 Å². The van der Waals surface area contributed by atoms with E-state index in [1.165, 1.54) is 7.11 Å². The van der Waals surface area contributed by atoms with Crippen LogP contribution in [-0.2, 0) is 19.1 Å². The molecule has 1 fully saturated rings. The Morgan fingerprint density at radius 1 is 1.50 bits per heavy atom. The first kappa shape index (κ1) is 15.2. The third kappa shape index (κ3) is 3.83. The third-order valence-electron chi connectivity index (χ3n) is 3.22. The summed E-state index contributed by atoms with van der Waals surface area (Å²) in [5, 5.41) is 0.339. The average Bonchev–Trinajstić information content (AvgIpc) is 2.27. The number of Topliss-reactive ketones (excluding diaryl/α,β-unsaturated/α-hetero) is 2. The van der Waals surface area contributed by atoms with Gasteiger partial charge in [-0.2, -0.15) is 11.8 Å². The second-order valence-corrected chi connectivity index (χ2v) is 6.36. The van der Waals surface area contributed by atoms with E-state index in [4.69, 9.17) is 0 Å². The van der Waals surface area contributed by atoms with Gasteiger partial charge in [-0.1, -0.05) is 13.8 Å². The number of carbonyl (C=O) groups excluding carboxylic acids is 3. The number of carbonyl (C=O) groups is 3. The SMILES string of the molecule is CCS[C@H](C)C[C@H]1CC(=O)CC(=O)[C@@H]1C(=O)OC. The number of hydrogen-bond donors (Lipinski definition) is 0. The molecule has 0 aromatic carbocycles. The van der Waals surface area contributed by atoms with Crippen molar-refractivity contribution in [3.63, 3.8) is 0 Å². The van der Waals surface area contributed by atoms with E-state index >= 15 is 0 Å². The minimum Gasteiger partial charge on any atom is -0.468 e. The Morgan fingerprint density at radius 3 is 2.72 bits per heavy atom. The fourth-order valence-corrected chi connectivity index (χ4v) is 3.45. The normalized spacial score (nSPS) is 25.9. The summed E-state index contributed by atoms with van der Waals surface area (Å²) in [7, 11) is 1.29. The Labute approximate surface area is 112 Å². The van der Waals surface area contributed by atoms with Crippen molar-refractivity contribution in [1.82, 2.24) is 0 Å². The van der Waals surface area contributed by atoms with Crippen molar-refractivity contribution in [3.05, 3.63) is 0 Å². The highest BCUT2D eigenvalue weighted by molar-refractivity contribution is 7.99. The van der Waals surface area contributed by atoms with Crippen LogP contribution in [0.25, 0.3) is 0 Å². The molecule has 102 valence electrons. The first-order chi connectivity index (χ1) is 8.49. The largest absolute Gasteiger partial charge is 0.468 e. The predicted molar refractivity (Wildman–Crippen MR) is 70.5 cm³/mol. The van der Waals surface area contributed by atoms with Crippen molar-refractivity contribution in [2.75, 3.05) is 12.9 Å². The van der Waals surface area contributed by atoms with E-state index in [1.807, 2.05) is 0 Å². The fraction of sp³-hybridized carbons (Fsp3) is 0.769. The molecule has 1 rings (SSSR count). The molecule has 5 heteroatoms. The summed E-state index contributed by atoms with van der Waals surface area (Å²) in [5.74, 6) is -0.784. The van der Waals surface area contributed by atoms with Crippen LogP contribution in [0.2, 0.25) is 0 Å². The van der Waals surface area contributed by atoms with Gasteiger partial charge in [-0.05, 0) is 18.1 Å². The van der Waals surface area contributed by atoms with E-state index in [-0.39, 0.29) is 23.9 Å². The Morgan fingerprint density at radius 2 is 2.17 bits per heavy atom. The summed E-state index contributed by atoms with van der Waals surface area (Å²) >= 11 is 1.77. The Hall–Kier alpha value is -0.840. The van der Waals surface area contributed by atoms with E-state index in [1.54, 1.807) is 11.8 Å². The lowest BCUT2D eigenvalue weighted by Crippen LogP contribution is -2.40. The number of rotatable bonds is 5. The highest BCUT2D eigenvalue weighted by Gasteiger charge is 2.41. The molecule has 0 spiro atoms. The van der Waals surface area contributed by atoms with Crippen molar-refractivity contribution in [2.45, 2.75) is 38.4 Å². The Bertz CT molecular complexity index is 340. The van der Waals surface area contributed by atoms with Gasteiger partial charge in [0.2, 0.25) is 0 Å². The van der Waals surface area contributed by atoms with Gasteiger partial charge >= 0.3 is 5.97 Å². The van der Waals surface area contributed by atoms with Crippen LogP contribution in [0, 0.1) is 11.8 Å². The van der Waals surface area contributed by atoms with Gasteiger partial charge in [0.15, 0.2) is 5.78 Å². The molecular formula is C13H20O4S. The zero-order valence-electron chi connectivity index (χ0n) is 11.1. The van der Waals surface area contributed by atoms with Crippen LogP contribution in [0.3, 0.4) is 0 Å². The van der Waals surface area contributed by atoms with Gasteiger partial charge < -0.3 is 4.74 Å². The van der Waals surface area contributed by atoms with Crippen LogP contribution in [0.5, 0.6) is 0 Å². The highest BCUT2D eigenvalue weighted by Crippen LogP contribution is 2.32. The number of methoxy groups -OCH3 is 1. The lowest BCUT2D eigenvalue weighted by Gasteiger charge is -2.29. The molecule has 18 heavy (non-hydrogen) atoms. The number of ketones is 2. The summed E-state index contributed by atoms with van der Waals surface area (Å²) < 4.78 is 4.69. The van der Waals surface area contributed by atoms with Crippen LogP contribution < -0.4 is 0 Å². The highest BCUT2D eigenvalue weighted by atomic mass is 32.2. The zero-order chi connectivity index (χ0) is 13.7. The predicted octanol–water partition coefficient (Wildman–Crippen LogP) is 1.86. The topological polar surface area (TPSA) is 60.4 Å². The molecule has 1 aliphatic carbocycles. The molecule has 4 nitrogen and oxygen atoms in total. The first-order valence-electron chi connectivity index (χ1n) is 6.23. The Kier molecular flexibility index (Phi) is 5.85. The van der Waals surface area contributed by atoms with Gasteiger partial charge in [-0.25, -0.2) is 0 Å². The molecule has 0 aromatic heterocycles. The molecule has 0 unspecified atom stereocenters. The van der Waals surface area contributed by atoms with Crippen molar-refractivity contribution in [2.24, 2.45) is 11.8 Å². The molecule has 0 saturated heterocycles. The summed E-state index contributed by atoms with van der Waals surface area (Å²) in [5.41, 5.74) is 0. The molecule has 1 aliphatic rings. The van der Waals surface area contributed by atoms with E-state index < -0.39 is 11.9 Å². The van der Waals surface area contributed by atoms with Crippen LogP contribution in [0.4, 0.5) is 0 Å². The molecule has 0 aliphatic heterocycles. The minimum absolute atomic E-state index is 0.0566. The van der Waals surface area contributed by atoms with E-state index in [0.717, 1.165) is 5.75 Å². The third-order valence-corrected chi connectivity index (χ3v) is 4.32. The van der Waals surface area contributed by atoms with E-state index in [9.17, 15) is 14.4 Å². The van der Waals surface area contributed by atoms with Crippen molar-refractivity contribution >= 4 is 29.3 Å². The standard InChI is InChI=1S/C13H20O4S/c1-4-18-8(2)5-9-6-10(14)7-11(15)12(9)13(16)17-3/h8-9,12H,4-7H2,1-3H3/t8-,9+,12-/m1/s1. The van der Waals surface area contributed by atoms with Crippen molar-refractivity contribution in [3.8, 4) is 0 Å². The molecule has 0 radical (unpaired) electrons. The molecule has 1 saturated carbocycles. The smallest absolute Gasteiger partial charge is 0.316 e. The van der Waals surface area contributed by atoms with Gasteiger partial charge in [0.25, 0.3) is 0 Å². The van der Waals surface area contributed by atoms with Gasteiger partial charge in [-0.15, -0.1) is 0 Å². The second kappa shape index (κ2) is 6.92. The van der Waals surface area contributed by atoms with Crippen molar-refractivity contribution in [1.29, 1.82) is 0 Å². The van der Waals surface area contributed by atoms with Crippen LogP contribution in [-0.4, -0.2) is 35.6 Å². The average molecular weight is 272 g/mol. The van der Waals surface area contributed by atoms with Crippen LogP contribution in [0.15, 0.2) is 0 Å². The summed E-state index contributed by atoms with van der Waals surface area (Å²) in [4.78, 5) is 35.0. The van der Waals surface area contributed by atoms with Gasteiger partial charge in [0, 0.05) is 11.7 Å². The molecule has 0 aromatic rings. The van der Waals surface area contributed by atoms with Gasteiger partial charge in [0.1, 0.15) is 11.7 Å². The number of esters is 1. The van der Waals surface area contributed by atoms with Gasteiger partial charge in [-0.3, -0.25) is 14.4 Å². The maximum absolute atomic E-state index is 11.8. The molecule has 0 N–H and O–H groups in total. The molecule has 0 heterocycles. The molecular weight excluding hydrogens is 252 g/mol. The lowest BCUT2D eigenvalue weighted by molar-refractivity contribution is -0.154. The fourth-order valence-electron chi connectivity index (χ4n) is 2.50. The molecule has 0 amide bonds. The first-order valence-corrected chi connectivity index (χ1v) is 7.28. The minimum atomic E-state index is -0.743. The summed E-state index contributed by atoms with van der Waals surface area (Å²) in [6.07, 6.45) is 0.904. The van der Waals surface area contributed by atoms with Crippen LogP contribution >= 0.6 is 11.8 Å². The van der Waals surface area contributed by atoms with E-state index in [0.29, 0.717) is 18.1 Å². The second-order valence-electron chi connectivity index (χ2n) is 4.65. The number of hydrogen-bond acceptors (Lipinski definition) is 5. The summed E-state index contributed by atoms with van der Waals surface area (Å²) in [6, 6.07) is 0. The van der Waals surface area contributed by atoms with Gasteiger partial charge in [0.05, 0.1) is 13.5 Å². The molecule has 3 atom stereocenters. The maximum Gasteiger partial charge on any atom is 0.316 e. The number of thioether (sulfide) groups is 1. The number of ether oxygens (including phenoxy) is 1. The lowest BCUT2D eigenvalue weighted by atomic mass is 9.75. The quantitative estimate of drug-likeness (QED) is 0.564. The van der Waals surface area contributed by atoms with E-state index in [2.05, 4.69) is 18.6 Å². The molecule has 0 bridgehead atoms.